The lowest BCUT2D eigenvalue weighted by Crippen LogP contribution is -2.42. The Kier molecular flexibility index (Phi) is 10.9. The number of hydrogen-bond donors (Lipinski definition) is 1. The summed E-state index contributed by atoms with van der Waals surface area (Å²) in [4.78, 5) is 42.3. The van der Waals surface area contributed by atoms with E-state index in [0.29, 0.717) is 27.6 Å². The van der Waals surface area contributed by atoms with Gasteiger partial charge in [-0.15, -0.1) is 23.1 Å². The van der Waals surface area contributed by atoms with Gasteiger partial charge in [-0.2, -0.15) is 0 Å². The summed E-state index contributed by atoms with van der Waals surface area (Å²) >= 11 is 2.76. The zero-order chi connectivity index (χ0) is 31.1. The van der Waals surface area contributed by atoms with Crippen molar-refractivity contribution in [1.82, 2.24) is 13.9 Å². The summed E-state index contributed by atoms with van der Waals surface area (Å²) in [5.74, 6) is -0.0291. The summed E-state index contributed by atoms with van der Waals surface area (Å²) in [5.41, 5.74) is 0.666. The molecule has 0 aliphatic heterocycles. The molecule has 2 heterocycles. The van der Waals surface area contributed by atoms with E-state index >= 15 is 0 Å². The minimum Gasteiger partial charge on any atom is -0.494 e. The van der Waals surface area contributed by atoms with E-state index < -0.39 is 33.8 Å². The molecule has 0 aliphatic rings. The number of esters is 1. The highest BCUT2D eigenvalue weighted by Crippen LogP contribution is 2.38. The van der Waals surface area contributed by atoms with Crippen molar-refractivity contribution in [3.63, 3.8) is 0 Å². The van der Waals surface area contributed by atoms with Crippen molar-refractivity contribution in [2.45, 2.75) is 51.2 Å². The average molecular weight is 646 g/mol. The second kappa shape index (κ2) is 14.4. The Morgan fingerprint density at radius 3 is 2.42 bits per heavy atom. The fourth-order valence-electron chi connectivity index (χ4n) is 4.58. The van der Waals surface area contributed by atoms with Crippen LogP contribution in [0.3, 0.4) is 0 Å². The van der Waals surface area contributed by atoms with Crippen LogP contribution in [0, 0.1) is 0 Å². The van der Waals surface area contributed by atoms with E-state index in [4.69, 9.17) is 9.47 Å². The van der Waals surface area contributed by atoms with Crippen LogP contribution in [0.2, 0.25) is 0 Å². The van der Waals surface area contributed by atoms with Gasteiger partial charge in [-0.3, -0.25) is 14.2 Å². The molecule has 10 nitrogen and oxygen atoms in total. The number of nitrogens with zero attached hydrogens (tertiary/aromatic N) is 2. The number of fused-ring (bicyclic) bond motifs is 1. The van der Waals surface area contributed by atoms with Crippen LogP contribution >= 0.6 is 23.1 Å². The van der Waals surface area contributed by atoms with Gasteiger partial charge in [-0.1, -0.05) is 31.5 Å². The summed E-state index contributed by atoms with van der Waals surface area (Å²) < 4.78 is 40.0. The number of thiophene rings is 1. The van der Waals surface area contributed by atoms with Gasteiger partial charge in [0, 0.05) is 21.9 Å². The smallest absolute Gasteiger partial charge is 0.332 e. The minimum absolute atomic E-state index is 0.0927. The van der Waals surface area contributed by atoms with Gasteiger partial charge in [0.25, 0.3) is 5.56 Å². The van der Waals surface area contributed by atoms with Crippen LogP contribution in [-0.4, -0.2) is 49.2 Å². The van der Waals surface area contributed by atoms with Crippen molar-refractivity contribution in [1.29, 1.82) is 0 Å². The van der Waals surface area contributed by atoms with E-state index in [0.717, 1.165) is 39.7 Å². The van der Waals surface area contributed by atoms with Crippen molar-refractivity contribution in [3.05, 3.63) is 80.5 Å². The molecule has 0 saturated heterocycles. The van der Waals surface area contributed by atoms with Gasteiger partial charge in [0.15, 0.2) is 0 Å². The number of rotatable bonds is 14. The number of nitrogens with one attached hydrogen (secondary N) is 1. The molecule has 0 spiro atoms. The Morgan fingerprint density at radius 2 is 1.77 bits per heavy atom. The highest BCUT2D eigenvalue weighted by molar-refractivity contribution is 7.98. The van der Waals surface area contributed by atoms with Crippen molar-refractivity contribution >= 4 is 49.3 Å². The molecular weight excluding hydrogens is 611 g/mol. The number of ether oxygens (including phenoxy) is 2. The van der Waals surface area contributed by atoms with E-state index in [-0.39, 0.29) is 25.1 Å². The third-order valence-corrected chi connectivity index (χ3v) is 9.47. The summed E-state index contributed by atoms with van der Waals surface area (Å²) in [7, 11) is -3.63. The largest absolute Gasteiger partial charge is 0.494 e. The van der Waals surface area contributed by atoms with Gasteiger partial charge in [0.1, 0.15) is 17.1 Å². The predicted molar refractivity (Wildman–Crippen MR) is 172 cm³/mol. The van der Waals surface area contributed by atoms with Crippen LogP contribution in [0.25, 0.3) is 20.7 Å². The number of benzene rings is 2. The molecule has 0 aliphatic carbocycles. The fourth-order valence-corrected chi connectivity index (χ4v) is 6.90. The number of carbonyl (C=O) groups is 1. The molecule has 0 amide bonds. The SMILES string of the molecule is CCCCOc1ccc(-c2sc3c(c2CNS(C)(=O)=O)c(=O)n(CC(=O)OCC)c(=O)n3Cc2ccccc2SC)cc1. The van der Waals surface area contributed by atoms with Gasteiger partial charge in [0.05, 0.1) is 31.4 Å². The van der Waals surface area contributed by atoms with Crippen molar-refractivity contribution in [2.24, 2.45) is 0 Å². The van der Waals surface area contributed by atoms with Gasteiger partial charge in [-0.25, -0.2) is 22.5 Å². The molecule has 0 unspecified atom stereocenters. The lowest BCUT2D eigenvalue weighted by atomic mass is 10.1. The molecule has 1 N–H and O–H groups in total. The predicted octanol–water partition coefficient (Wildman–Crippen LogP) is 4.45. The molecule has 0 radical (unpaired) electrons. The summed E-state index contributed by atoms with van der Waals surface area (Å²) in [5, 5.41) is 0.171. The van der Waals surface area contributed by atoms with Gasteiger partial charge in [-0.05, 0) is 61.1 Å². The maximum Gasteiger partial charge on any atom is 0.332 e. The van der Waals surface area contributed by atoms with Crippen LogP contribution in [0.4, 0.5) is 0 Å². The number of sulfonamides is 1. The fraction of sp³-hybridized carbons (Fsp3) is 0.367. The summed E-state index contributed by atoms with van der Waals surface area (Å²) in [6.45, 7) is 3.79. The normalized spacial score (nSPS) is 11.6. The second-order valence-electron chi connectivity index (χ2n) is 9.79. The molecular formula is C30H35N3O7S3. The van der Waals surface area contributed by atoms with Gasteiger partial charge in [0.2, 0.25) is 10.0 Å². The third kappa shape index (κ3) is 7.77. The zero-order valence-electron chi connectivity index (χ0n) is 24.5. The van der Waals surface area contributed by atoms with Crippen molar-refractivity contribution in [2.75, 3.05) is 25.7 Å². The van der Waals surface area contributed by atoms with Crippen LogP contribution in [0.15, 0.2) is 63.0 Å². The summed E-state index contributed by atoms with van der Waals surface area (Å²) in [6, 6.07) is 15.0. The molecule has 43 heavy (non-hydrogen) atoms. The lowest BCUT2D eigenvalue weighted by Gasteiger charge is -2.14. The number of unbranched alkanes of at least 4 members (excludes halogenated alkanes) is 1. The second-order valence-corrected chi connectivity index (χ2v) is 13.5. The van der Waals surface area contributed by atoms with E-state index in [1.165, 1.54) is 27.7 Å². The number of hydrogen-bond acceptors (Lipinski definition) is 9. The van der Waals surface area contributed by atoms with Gasteiger partial charge >= 0.3 is 11.7 Å². The van der Waals surface area contributed by atoms with E-state index in [1.54, 1.807) is 6.92 Å². The Bertz CT molecular complexity index is 1820. The maximum atomic E-state index is 14.0. The van der Waals surface area contributed by atoms with Crippen LogP contribution < -0.4 is 20.7 Å². The van der Waals surface area contributed by atoms with Crippen LogP contribution in [0.5, 0.6) is 5.75 Å². The van der Waals surface area contributed by atoms with Crippen molar-refractivity contribution < 1.29 is 22.7 Å². The Morgan fingerprint density at radius 1 is 1.05 bits per heavy atom. The minimum atomic E-state index is -3.63. The Labute approximate surface area is 258 Å². The quantitative estimate of drug-likeness (QED) is 0.121. The summed E-state index contributed by atoms with van der Waals surface area (Å²) in [6.07, 6.45) is 4.91. The number of thioether (sulfide) groups is 1. The molecule has 13 heteroatoms. The van der Waals surface area contributed by atoms with Crippen LogP contribution in [0.1, 0.15) is 37.8 Å². The van der Waals surface area contributed by atoms with E-state index in [1.807, 2.05) is 54.8 Å². The standard InChI is InChI=1S/C30H35N3O7S3/c1-5-7-16-40-22-14-12-20(13-15-22)27-23(17-31-43(4,37)38)26-28(35)32(19-25(34)39-6-2)30(36)33(29(26)42-27)18-21-10-8-9-11-24(21)41-3/h8-15,31H,5-7,16-19H2,1-4H3. The number of aromatic nitrogens is 2. The first-order valence-electron chi connectivity index (χ1n) is 13.8. The molecule has 4 rings (SSSR count). The molecule has 2 aromatic heterocycles. The first-order chi connectivity index (χ1) is 20.6. The highest BCUT2D eigenvalue weighted by Gasteiger charge is 2.25. The third-order valence-electron chi connectivity index (χ3n) is 6.66. The first-order valence-corrected chi connectivity index (χ1v) is 17.8. The van der Waals surface area contributed by atoms with Crippen molar-refractivity contribution in [3.8, 4) is 16.2 Å². The lowest BCUT2D eigenvalue weighted by molar-refractivity contribution is -0.143. The van der Waals surface area contributed by atoms with Gasteiger partial charge < -0.3 is 9.47 Å². The van der Waals surface area contributed by atoms with Crippen LogP contribution in [-0.2, 0) is 39.2 Å². The highest BCUT2D eigenvalue weighted by atomic mass is 32.2. The average Bonchev–Trinajstić information content (AvgIpc) is 3.36. The molecule has 0 fully saturated rings. The molecule has 0 atom stereocenters. The van der Waals surface area contributed by atoms with E-state index in [2.05, 4.69) is 11.6 Å². The monoisotopic (exact) mass is 645 g/mol. The molecule has 230 valence electrons. The maximum absolute atomic E-state index is 14.0. The molecule has 4 aromatic rings. The first kappa shape index (κ1) is 32.5. The molecule has 0 saturated carbocycles. The Hall–Kier alpha value is -3.39. The van der Waals surface area contributed by atoms with E-state index in [9.17, 15) is 22.8 Å². The topological polar surface area (TPSA) is 126 Å². The molecule has 0 bridgehead atoms. The Balaban J connectivity index is 1.98. The molecule has 2 aromatic carbocycles. The zero-order valence-corrected chi connectivity index (χ0v) is 27.0. The number of carbonyl (C=O) groups excluding carboxylic acids is 1.